The van der Waals surface area contributed by atoms with Gasteiger partial charge in [-0.05, 0) is 17.7 Å². The van der Waals surface area contributed by atoms with Gasteiger partial charge in [0.2, 0.25) is 11.8 Å². The van der Waals surface area contributed by atoms with Crippen LogP contribution in [0.4, 0.5) is 0 Å². The molecule has 0 fully saturated rings. The van der Waals surface area contributed by atoms with Crippen LogP contribution in [-0.4, -0.2) is 39.0 Å². The zero-order chi connectivity index (χ0) is 19.3. The van der Waals surface area contributed by atoms with Gasteiger partial charge in [0.1, 0.15) is 5.82 Å². The summed E-state index contributed by atoms with van der Waals surface area (Å²) in [5.41, 5.74) is 3.73. The number of hydrazone groups is 1. The van der Waals surface area contributed by atoms with Gasteiger partial charge in [0.25, 0.3) is 0 Å². The Bertz CT molecular complexity index is 992. The molecule has 0 bridgehead atoms. The highest BCUT2D eigenvalue weighted by Gasteiger charge is 2.21. The van der Waals surface area contributed by atoms with Gasteiger partial charge in [-0.15, -0.1) is 0 Å². The lowest BCUT2D eigenvalue weighted by Crippen LogP contribution is -2.27. The molecule has 1 aromatic heterocycles. The van der Waals surface area contributed by atoms with Crippen molar-refractivity contribution in [2.75, 3.05) is 6.54 Å². The number of H-pyrrole nitrogens is 1. The summed E-state index contributed by atoms with van der Waals surface area (Å²) < 4.78 is 0. The summed E-state index contributed by atoms with van der Waals surface area (Å²) in [7, 11) is 0. The van der Waals surface area contributed by atoms with Crippen LogP contribution in [0.2, 0.25) is 0 Å². The summed E-state index contributed by atoms with van der Waals surface area (Å²) in [4.78, 5) is 32.0. The third-order valence-corrected chi connectivity index (χ3v) is 4.65. The SMILES string of the molecule is O=C(CCC(=O)N1CCC(c2ccccc2)=N1)NCc1nc2ccccc2[nH]1. The topological polar surface area (TPSA) is 90.4 Å². The van der Waals surface area contributed by atoms with Crippen molar-refractivity contribution in [1.82, 2.24) is 20.3 Å². The van der Waals surface area contributed by atoms with Gasteiger partial charge < -0.3 is 10.3 Å². The Kier molecular flexibility index (Phi) is 5.14. The van der Waals surface area contributed by atoms with Gasteiger partial charge in [-0.1, -0.05) is 42.5 Å². The van der Waals surface area contributed by atoms with Crippen molar-refractivity contribution >= 4 is 28.6 Å². The van der Waals surface area contributed by atoms with E-state index in [4.69, 9.17) is 0 Å². The van der Waals surface area contributed by atoms with Gasteiger partial charge in [-0.3, -0.25) is 9.59 Å². The highest BCUT2D eigenvalue weighted by Crippen LogP contribution is 2.15. The van der Waals surface area contributed by atoms with Crippen LogP contribution in [0, 0.1) is 0 Å². The zero-order valence-electron chi connectivity index (χ0n) is 15.4. The van der Waals surface area contributed by atoms with E-state index in [-0.39, 0.29) is 24.7 Å². The molecule has 7 heteroatoms. The number of rotatable bonds is 6. The van der Waals surface area contributed by atoms with Gasteiger partial charge in [0, 0.05) is 19.3 Å². The summed E-state index contributed by atoms with van der Waals surface area (Å²) in [6.07, 6.45) is 0.997. The summed E-state index contributed by atoms with van der Waals surface area (Å²) in [6.45, 7) is 0.866. The molecule has 2 amide bonds. The molecule has 142 valence electrons. The Morgan fingerprint density at radius 1 is 1.04 bits per heavy atom. The molecule has 1 aliphatic heterocycles. The van der Waals surface area contributed by atoms with Crippen molar-refractivity contribution in [3.05, 3.63) is 66.0 Å². The number of imidazole rings is 1. The fourth-order valence-electron chi connectivity index (χ4n) is 3.18. The number of carbonyl (C=O) groups excluding carboxylic acids is 2. The molecule has 0 aliphatic carbocycles. The Morgan fingerprint density at radius 2 is 1.82 bits per heavy atom. The van der Waals surface area contributed by atoms with Crippen molar-refractivity contribution in [2.45, 2.75) is 25.8 Å². The minimum Gasteiger partial charge on any atom is -0.349 e. The lowest BCUT2D eigenvalue weighted by molar-refractivity contribution is -0.133. The first-order chi connectivity index (χ1) is 13.7. The number of hydrogen-bond donors (Lipinski definition) is 2. The molecule has 0 atom stereocenters. The molecule has 2 heterocycles. The van der Waals surface area contributed by atoms with Crippen LogP contribution in [0.25, 0.3) is 11.0 Å². The molecule has 0 spiro atoms. The quantitative estimate of drug-likeness (QED) is 0.694. The first kappa shape index (κ1) is 17.9. The predicted molar refractivity (Wildman–Crippen MR) is 106 cm³/mol. The fourth-order valence-corrected chi connectivity index (χ4v) is 3.18. The van der Waals surface area contributed by atoms with E-state index < -0.39 is 0 Å². The number of nitrogens with one attached hydrogen (secondary N) is 2. The molecule has 28 heavy (non-hydrogen) atoms. The molecule has 0 radical (unpaired) electrons. The van der Waals surface area contributed by atoms with E-state index in [0.717, 1.165) is 28.7 Å². The molecule has 2 aromatic carbocycles. The zero-order valence-corrected chi connectivity index (χ0v) is 15.4. The second-order valence-electron chi connectivity index (χ2n) is 6.66. The van der Waals surface area contributed by atoms with E-state index in [1.54, 1.807) is 0 Å². The molecule has 0 saturated carbocycles. The number of fused-ring (bicyclic) bond motifs is 1. The second kappa shape index (κ2) is 8.04. The van der Waals surface area contributed by atoms with Crippen molar-refractivity contribution < 1.29 is 9.59 Å². The van der Waals surface area contributed by atoms with Crippen LogP contribution in [0.5, 0.6) is 0 Å². The van der Waals surface area contributed by atoms with Crippen molar-refractivity contribution in [2.24, 2.45) is 5.10 Å². The lowest BCUT2D eigenvalue weighted by Gasteiger charge is -2.11. The average Bonchev–Trinajstić information content (AvgIpc) is 3.38. The Morgan fingerprint density at radius 3 is 2.64 bits per heavy atom. The third-order valence-electron chi connectivity index (χ3n) is 4.65. The minimum atomic E-state index is -0.180. The average molecular weight is 375 g/mol. The van der Waals surface area contributed by atoms with Crippen LogP contribution < -0.4 is 5.32 Å². The number of aromatic nitrogens is 2. The van der Waals surface area contributed by atoms with E-state index >= 15 is 0 Å². The maximum Gasteiger partial charge on any atom is 0.243 e. The number of hydrogen-bond acceptors (Lipinski definition) is 4. The molecule has 7 nitrogen and oxygen atoms in total. The van der Waals surface area contributed by atoms with Gasteiger partial charge in [0.15, 0.2) is 0 Å². The molecule has 4 rings (SSSR count). The second-order valence-corrected chi connectivity index (χ2v) is 6.66. The summed E-state index contributed by atoms with van der Waals surface area (Å²) in [5, 5.41) is 8.68. The maximum absolute atomic E-state index is 12.3. The van der Waals surface area contributed by atoms with Crippen LogP contribution in [0.1, 0.15) is 30.7 Å². The smallest absolute Gasteiger partial charge is 0.243 e. The molecular formula is C21H21N5O2. The van der Waals surface area contributed by atoms with Crippen LogP contribution in [0.15, 0.2) is 59.7 Å². The van der Waals surface area contributed by atoms with Crippen molar-refractivity contribution in [1.29, 1.82) is 0 Å². The largest absolute Gasteiger partial charge is 0.349 e. The van der Waals surface area contributed by atoms with Gasteiger partial charge in [-0.2, -0.15) is 5.10 Å². The van der Waals surface area contributed by atoms with Gasteiger partial charge in [0.05, 0.1) is 29.8 Å². The molecule has 1 aliphatic rings. The number of amides is 2. The van der Waals surface area contributed by atoms with E-state index in [2.05, 4.69) is 20.4 Å². The number of carbonyl (C=O) groups is 2. The molecule has 2 N–H and O–H groups in total. The van der Waals surface area contributed by atoms with E-state index in [0.29, 0.717) is 18.9 Å². The Labute approximate surface area is 162 Å². The molecule has 0 unspecified atom stereocenters. The van der Waals surface area contributed by atoms with E-state index in [1.165, 1.54) is 5.01 Å². The van der Waals surface area contributed by atoms with Gasteiger partial charge >= 0.3 is 0 Å². The molecule has 3 aromatic rings. The molecule has 0 saturated heterocycles. The highest BCUT2D eigenvalue weighted by molar-refractivity contribution is 6.02. The normalized spacial score (nSPS) is 13.6. The highest BCUT2D eigenvalue weighted by atomic mass is 16.2. The number of benzene rings is 2. The van der Waals surface area contributed by atoms with Crippen molar-refractivity contribution in [3.63, 3.8) is 0 Å². The minimum absolute atomic E-state index is 0.131. The third kappa shape index (κ3) is 4.09. The maximum atomic E-state index is 12.3. The van der Waals surface area contributed by atoms with E-state index in [1.807, 2.05) is 54.6 Å². The summed E-state index contributed by atoms with van der Waals surface area (Å²) in [5.74, 6) is 0.377. The van der Waals surface area contributed by atoms with Crippen LogP contribution >= 0.6 is 0 Å². The lowest BCUT2D eigenvalue weighted by atomic mass is 10.1. The summed E-state index contributed by atoms with van der Waals surface area (Å²) in [6, 6.07) is 17.5. The predicted octanol–water partition coefficient (Wildman–Crippen LogP) is 2.60. The standard InChI is InChI=1S/C21H21N5O2/c27-20(22-14-19-23-17-8-4-5-9-18(17)24-19)10-11-21(28)26-13-12-16(25-26)15-6-2-1-3-7-15/h1-9H,10-14H2,(H,22,27)(H,23,24). The monoisotopic (exact) mass is 375 g/mol. The fraction of sp³-hybridized carbons (Fsp3) is 0.238. The van der Waals surface area contributed by atoms with Crippen LogP contribution in [0.3, 0.4) is 0 Å². The Balaban J connectivity index is 1.25. The molecular weight excluding hydrogens is 354 g/mol. The summed E-state index contributed by atoms with van der Waals surface area (Å²) >= 11 is 0. The first-order valence-corrected chi connectivity index (χ1v) is 9.32. The Hall–Kier alpha value is -3.48. The van der Waals surface area contributed by atoms with Crippen molar-refractivity contribution in [3.8, 4) is 0 Å². The van der Waals surface area contributed by atoms with Crippen LogP contribution in [-0.2, 0) is 16.1 Å². The van der Waals surface area contributed by atoms with Gasteiger partial charge in [-0.25, -0.2) is 9.99 Å². The first-order valence-electron chi connectivity index (χ1n) is 9.32. The number of nitrogens with zero attached hydrogens (tertiary/aromatic N) is 3. The number of aromatic amines is 1. The van der Waals surface area contributed by atoms with E-state index in [9.17, 15) is 9.59 Å². The number of para-hydroxylation sites is 2.